The monoisotopic (exact) mass is 441 g/mol. The Bertz CT molecular complexity index is 823. The first-order valence-corrected chi connectivity index (χ1v) is 12.0. The van der Waals surface area contributed by atoms with Crippen LogP contribution in [0.3, 0.4) is 0 Å². The third-order valence-corrected chi connectivity index (χ3v) is 7.38. The maximum absolute atomic E-state index is 6.43. The number of piperidine rings is 1. The van der Waals surface area contributed by atoms with E-state index in [0.29, 0.717) is 12.0 Å². The Morgan fingerprint density at radius 2 is 1.71 bits per heavy atom. The van der Waals surface area contributed by atoms with Gasteiger partial charge in [0.05, 0.1) is 13.8 Å². The molecular weight excluding hydrogens is 406 g/mol. The number of likely N-dealkylation sites (N-methyl/N-ethyl adjacent to an activating group) is 1. The van der Waals surface area contributed by atoms with Gasteiger partial charge >= 0.3 is 0 Å². The molecule has 5 heteroatoms. The number of nitrogens with zero attached hydrogens (tertiary/aromatic N) is 3. The molecule has 168 valence electrons. The lowest BCUT2D eigenvalue weighted by molar-refractivity contribution is 0.0302. The molecular formula is C26H36ClN3O. The molecule has 1 unspecified atom stereocenters. The molecule has 0 aliphatic carbocycles. The van der Waals surface area contributed by atoms with Crippen LogP contribution in [0.25, 0.3) is 0 Å². The number of benzene rings is 2. The molecule has 0 bridgehead atoms. The van der Waals surface area contributed by atoms with Crippen LogP contribution in [0.15, 0.2) is 48.5 Å². The molecule has 0 N–H and O–H groups in total. The summed E-state index contributed by atoms with van der Waals surface area (Å²) in [6, 6.07) is 17.5. The second-order valence-electron chi connectivity index (χ2n) is 9.28. The average Bonchev–Trinajstić information content (AvgIpc) is 2.79. The normalized spacial score (nSPS) is 22.0. The zero-order valence-electron chi connectivity index (χ0n) is 19.0. The molecule has 0 amide bonds. The lowest BCUT2D eigenvalue weighted by atomic mass is 9.89. The van der Waals surface area contributed by atoms with Gasteiger partial charge in [-0.2, -0.15) is 0 Å². The highest BCUT2D eigenvalue weighted by atomic mass is 35.5. The van der Waals surface area contributed by atoms with Gasteiger partial charge in [-0.05, 0) is 81.1 Å². The van der Waals surface area contributed by atoms with Crippen LogP contribution < -0.4 is 4.74 Å². The largest absolute Gasteiger partial charge is 0.497 e. The van der Waals surface area contributed by atoms with Crippen LogP contribution in [-0.2, 0) is 13.0 Å². The SMILES string of the molecule is COc1ccc(Cl)c(CC2CCN(CC3CCN(Cc4ccccc4)CN3C)CC2)c1. The predicted molar refractivity (Wildman–Crippen MR) is 129 cm³/mol. The predicted octanol–water partition coefficient (Wildman–Crippen LogP) is 4.77. The van der Waals surface area contributed by atoms with Gasteiger partial charge in [-0.1, -0.05) is 41.9 Å². The van der Waals surface area contributed by atoms with Crippen LogP contribution in [0.4, 0.5) is 0 Å². The van der Waals surface area contributed by atoms with Gasteiger partial charge in [0.25, 0.3) is 0 Å². The number of likely N-dealkylation sites (tertiary alicyclic amines) is 1. The maximum Gasteiger partial charge on any atom is 0.119 e. The zero-order chi connectivity index (χ0) is 21.6. The van der Waals surface area contributed by atoms with Crippen LogP contribution in [0.2, 0.25) is 5.02 Å². The Morgan fingerprint density at radius 3 is 2.42 bits per heavy atom. The summed E-state index contributed by atoms with van der Waals surface area (Å²) in [7, 11) is 4.01. The van der Waals surface area contributed by atoms with Crippen LogP contribution in [-0.4, -0.2) is 67.7 Å². The first kappa shape index (κ1) is 22.6. The van der Waals surface area contributed by atoms with Gasteiger partial charge in [-0.15, -0.1) is 0 Å². The summed E-state index contributed by atoms with van der Waals surface area (Å²) in [5.74, 6) is 1.62. The Kier molecular flexibility index (Phi) is 7.89. The number of hydrogen-bond acceptors (Lipinski definition) is 4. The smallest absolute Gasteiger partial charge is 0.119 e. The van der Waals surface area contributed by atoms with Gasteiger partial charge in [-0.3, -0.25) is 9.80 Å². The van der Waals surface area contributed by atoms with Gasteiger partial charge < -0.3 is 9.64 Å². The number of methoxy groups -OCH3 is 1. The average molecular weight is 442 g/mol. The van der Waals surface area contributed by atoms with E-state index >= 15 is 0 Å². The van der Waals surface area contributed by atoms with E-state index in [-0.39, 0.29) is 0 Å². The first-order chi connectivity index (χ1) is 15.1. The van der Waals surface area contributed by atoms with Crippen LogP contribution in [0.5, 0.6) is 5.75 Å². The van der Waals surface area contributed by atoms with E-state index in [2.05, 4.69) is 58.1 Å². The first-order valence-electron chi connectivity index (χ1n) is 11.6. The minimum atomic E-state index is 0.663. The van der Waals surface area contributed by atoms with Gasteiger partial charge in [-0.25, -0.2) is 0 Å². The fraction of sp³-hybridized carbons (Fsp3) is 0.538. The third-order valence-electron chi connectivity index (χ3n) is 7.01. The minimum absolute atomic E-state index is 0.663. The molecule has 2 aliphatic heterocycles. The summed E-state index contributed by atoms with van der Waals surface area (Å²) in [5.41, 5.74) is 2.64. The third kappa shape index (κ3) is 6.23. The van der Waals surface area contributed by atoms with E-state index < -0.39 is 0 Å². The van der Waals surface area contributed by atoms with Crippen molar-refractivity contribution < 1.29 is 4.74 Å². The highest BCUT2D eigenvalue weighted by Gasteiger charge is 2.28. The van der Waals surface area contributed by atoms with Crippen molar-refractivity contribution in [3.05, 3.63) is 64.7 Å². The summed E-state index contributed by atoms with van der Waals surface area (Å²) in [5, 5.41) is 0.868. The van der Waals surface area contributed by atoms with Crippen molar-refractivity contribution in [2.75, 3.05) is 47.0 Å². The molecule has 2 aromatic carbocycles. The zero-order valence-corrected chi connectivity index (χ0v) is 19.7. The van der Waals surface area contributed by atoms with E-state index in [1.807, 2.05) is 12.1 Å². The molecule has 2 heterocycles. The van der Waals surface area contributed by atoms with E-state index in [0.717, 1.165) is 30.4 Å². The summed E-state index contributed by atoms with van der Waals surface area (Å²) in [6.07, 6.45) is 4.82. The highest BCUT2D eigenvalue weighted by molar-refractivity contribution is 6.31. The molecule has 2 aromatic rings. The van der Waals surface area contributed by atoms with Crippen molar-refractivity contribution in [3.8, 4) is 5.75 Å². The van der Waals surface area contributed by atoms with E-state index in [1.165, 1.54) is 56.6 Å². The lowest BCUT2D eigenvalue weighted by Crippen LogP contribution is -2.53. The van der Waals surface area contributed by atoms with Crippen molar-refractivity contribution in [2.45, 2.75) is 38.3 Å². The van der Waals surface area contributed by atoms with Crippen LogP contribution in [0.1, 0.15) is 30.4 Å². The van der Waals surface area contributed by atoms with Crippen molar-refractivity contribution in [2.24, 2.45) is 5.92 Å². The number of ether oxygens (including phenoxy) is 1. The lowest BCUT2D eigenvalue weighted by Gasteiger charge is -2.43. The second kappa shape index (κ2) is 10.8. The maximum atomic E-state index is 6.43. The minimum Gasteiger partial charge on any atom is -0.497 e. The fourth-order valence-corrected chi connectivity index (χ4v) is 5.27. The summed E-state index contributed by atoms with van der Waals surface area (Å²) in [4.78, 5) is 7.79. The summed E-state index contributed by atoms with van der Waals surface area (Å²) in [6.45, 7) is 6.89. The molecule has 0 spiro atoms. The molecule has 0 aromatic heterocycles. The van der Waals surface area contributed by atoms with E-state index in [4.69, 9.17) is 16.3 Å². The van der Waals surface area contributed by atoms with Crippen molar-refractivity contribution in [3.63, 3.8) is 0 Å². The van der Waals surface area contributed by atoms with Gasteiger partial charge in [0.2, 0.25) is 0 Å². The molecule has 4 nitrogen and oxygen atoms in total. The fourth-order valence-electron chi connectivity index (χ4n) is 5.07. The Balaban J connectivity index is 1.21. The molecule has 2 fully saturated rings. The topological polar surface area (TPSA) is 19.0 Å². The van der Waals surface area contributed by atoms with E-state index in [9.17, 15) is 0 Å². The number of halogens is 1. The summed E-state index contributed by atoms with van der Waals surface area (Å²) >= 11 is 6.43. The van der Waals surface area contributed by atoms with Crippen LogP contribution >= 0.6 is 11.6 Å². The molecule has 2 saturated heterocycles. The van der Waals surface area contributed by atoms with Crippen molar-refractivity contribution in [1.29, 1.82) is 0 Å². The molecule has 2 aliphatic rings. The second-order valence-corrected chi connectivity index (χ2v) is 9.69. The Hall–Kier alpha value is -1.59. The molecule has 4 rings (SSSR count). The van der Waals surface area contributed by atoms with Crippen molar-refractivity contribution in [1.82, 2.24) is 14.7 Å². The Labute approximate surface area is 192 Å². The highest BCUT2D eigenvalue weighted by Crippen LogP contribution is 2.29. The Morgan fingerprint density at radius 1 is 0.968 bits per heavy atom. The van der Waals surface area contributed by atoms with Gasteiger partial charge in [0, 0.05) is 30.7 Å². The summed E-state index contributed by atoms with van der Waals surface area (Å²) < 4.78 is 5.38. The van der Waals surface area contributed by atoms with Crippen LogP contribution in [0, 0.1) is 5.92 Å². The molecule has 31 heavy (non-hydrogen) atoms. The molecule has 1 atom stereocenters. The number of hydrogen-bond donors (Lipinski definition) is 0. The molecule has 0 radical (unpaired) electrons. The van der Waals surface area contributed by atoms with Crippen molar-refractivity contribution >= 4 is 11.6 Å². The quantitative estimate of drug-likeness (QED) is 0.616. The van der Waals surface area contributed by atoms with E-state index in [1.54, 1.807) is 7.11 Å². The van der Waals surface area contributed by atoms with Gasteiger partial charge in [0.15, 0.2) is 0 Å². The number of rotatable bonds is 7. The standard InChI is InChI=1S/C26H36ClN3O/c1-28-20-30(18-22-6-4-3-5-7-22)15-12-24(28)19-29-13-10-21(11-14-29)16-23-17-25(31-2)8-9-26(23)27/h3-9,17,21,24H,10-16,18-20H2,1-2H3. The molecule has 0 saturated carbocycles. The van der Waals surface area contributed by atoms with Gasteiger partial charge in [0.1, 0.15) is 5.75 Å².